The molecule has 0 aliphatic carbocycles. The number of ether oxygens (including phenoxy) is 1. The van der Waals surface area contributed by atoms with Gasteiger partial charge in [0.25, 0.3) is 0 Å². The van der Waals surface area contributed by atoms with Gasteiger partial charge < -0.3 is 10.1 Å². The molecule has 1 unspecified atom stereocenters. The average Bonchev–Trinajstić information content (AvgIpc) is 2.58. The van der Waals surface area contributed by atoms with Crippen LogP contribution in [0.25, 0.3) is 0 Å². The van der Waals surface area contributed by atoms with Crippen LogP contribution in [0.1, 0.15) is 48.8 Å². The molecule has 0 saturated carbocycles. The van der Waals surface area contributed by atoms with Gasteiger partial charge in [-0.1, -0.05) is 13.3 Å². The molecule has 0 bridgehead atoms. The van der Waals surface area contributed by atoms with E-state index in [0.29, 0.717) is 18.1 Å². The fourth-order valence-corrected chi connectivity index (χ4v) is 1.72. The molecular weight excluding hydrogens is 216 g/mol. The van der Waals surface area contributed by atoms with Crippen molar-refractivity contribution < 1.29 is 4.74 Å². The predicted molar refractivity (Wildman–Crippen MR) is 65.1 cm³/mol. The topological polar surface area (TPSA) is 70.9 Å². The summed E-state index contributed by atoms with van der Waals surface area (Å²) in [6.45, 7) is 6.62. The van der Waals surface area contributed by atoms with Crippen LogP contribution in [-0.4, -0.2) is 22.4 Å². The van der Waals surface area contributed by atoms with E-state index in [0.717, 1.165) is 29.9 Å². The van der Waals surface area contributed by atoms with Crippen LogP contribution < -0.4 is 5.32 Å². The first kappa shape index (κ1) is 12.0. The number of nitrogens with one attached hydrogen (secondary N) is 2. The number of nitrogens with zero attached hydrogens (tertiary/aromatic N) is 2. The third kappa shape index (κ3) is 2.29. The van der Waals surface area contributed by atoms with E-state index in [1.54, 1.807) is 0 Å². The zero-order valence-corrected chi connectivity index (χ0v) is 10.5. The first-order valence-electron chi connectivity index (χ1n) is 5.95. The Morgan fingerprint density at radius 3 is 2.71 bits per heavy atom. The van der Waals surface area contributed by atoms with Crippen molar-refractivity contribution in [2.24, 2.45) is 0 Å². The van der Waals surface area contributed by atoms with Gasteiger partial charge in [0.05, 0.1) is 11.4 Å². The van der Waals surface area contributed by atoms with Crippen molar-refractivity contribution in [3.63, 3.8) is 0 Å². The van der Waals surface area contributed by atoms with Crippen LogP contribution >= 0.6 is 0 Å². The first-order valence-corrected chi connectivity index (χ1v) is 5.95. The normalized spacial score (nSPS) is 18.1. The molecule has 1 aromatic rings. The number of rotatable bonds is 4. The van der Waals surface area contributed by atoms with Crippen molar-refractivity contribution >= 4 is 5.84 Å². The van der Waals surface area contributed by atoms with Gasteiger partial charge in [0, 0.05) is 6.61 Å². The summed E-state index contributed by atoms with van der Waals surface area (Å²) >= 11 is 0. The molecule has 0 fully saturated rings. The largest absolute Gasteiger partial charge is 0.352 e. The lowest BCUT2D eigenvalue weighted by Crippen LogP contribution is -2.22. The molecule has 92 valence electrons. The van der Waals surface area contributed by atoms with E-state index >= 15 is 0 Å². The van der Waals surface area contributed by atoms with Crippen LogP contribution in [-0.2, 0) is 4.74 Å². The molecule has 0 amide bonds. The molecule has 1 atom stereocenters. The Morgan fingerprint density at radius 1 is 1.29 bits per heavy atom. The van der Waals surface area contributed by atoms with E-state index in [-0.39, 0.29) is 6.23 Å². The average molecular weight is 234 g/mol. The second kappa shape index (κ2) is 4.79. The van der Waals surface area contributed by atoms with Gasteiger partial charge in [0.1, 0.15) is 17.2 Å². The van der Waals surface area contributed by atoms with Crippen LogP contribution in [0.15, 0.2) is 0 Å². The minimum atomic E-state index is -0.309. The maximum atomic E-state index is 7.81. The molecule has 1 aliphatic rings. The quantitative estimate of drug-likeness (QED) is 0.780. The van der Waals surface area contributed by atoms with Gasteiger partial charge in [0.15, 0.2) is 6.23 Å². The number of fused-ring (bicyclic) bond motifs is 1. The van der Waals surface area contributed by atoms with Crippen molar-refractivity contribution in [3.05, 3.63) is 22.8 Å². The molecule has 2 rings (SSSR count). The zero-order chi connectivity index (χ0) is 12.4. The molecule has 0 radical (unpaired) electrons. The summed E-state index contributed by atoms with van der Waals surface area (Å²) in [7, 11) is 0. The molecular formula is C12H18N4O. The zero-order valence-electron chi connectivity index (χ0n) is 10.5. The number of hydrogen-bond acceptors (Lipinski definition) is 4. The summed E-state index contributed by atoms with van der Waals surface area (Å²) in [5, 5.41) is 10.8. The van der Waals surface area contributed by atoms with E-state index in [2.05, 4.69) is 22.2 Å². The van der Waals surface area contributed by atoms with Gasteiger partial charge in [-0.05, 0) is 20.3 Å². The standard InChI is InChI=1S/C12H18N4O/c1-4-5-6-17-12-10-9(11(13)16-12)14-7(2)8(3)15-10/h12H,4-6H2,1-3H3,(H2,13,16). The highest BCUT2D eigenvalue weighted by Gasteiger charge is 2.30. The van der Waals surface area contributed by atoms with Crippen LogP contribution in [0.4, 0.5) is 0 Å². The van der Waals surface area contributed by atoms with Gasteiger partial charge in [-0.2, -0.15) is 0 Å². The van der Waals surface area contributed by atoms with Gasteiger partial charge in [-0.25, -0.2) is 9.97 Å². The summed E-state index contributed by atoms with van der Waals surface area (Å²) in [4.78, 5) is 8.86. The summed E-state index contributed by atoms with van der Waals surface area (Å²) in [6.07, 6.45) is 1.80. The molecule has 2 N–H and O–H groups in total. The Hall–Kier alpha value is -1.49. The van der Waals surface area contributed by atoms with Crippen LogP contribution in [0, 0.1) is 19.3 Å². The Balaban J connectivity index is 2.21. The lowest BCUT2D eigenvalue weighted by atomic mass is 10.2. The molecule has 5 heteroatoms. The lowest BCUT2D eigenvalue weighted by molar-refractivity contribution is 0.0413. The predicted octanol–water partition coefficient (Wildman–Crippen LogP) is 1.84. The van der Waals surface area contributed by atoms with Crippen molar-refractivity contribution in [2.45, 2.75) is 39.8 Å². The van der Waals surface area contributed by atoms with Crippen LogP contribution in [0.2, 0.25) is 0 Å². The number of aromatic nitrogens is 2. The van der Waals surface area contributed by atoms with Gasteiger partial charge in [-0.15, -0.1) is 0 Å². The van der Waals surface area contributed by atoms with Gasteiger partial charge >= 0.3 is 0 Å². The molecule has 0 saturated heterocycles. The monoisotopic (exact) mass is 234 g/mol. The Morgan fingerprint density at radius 2 is 2.00 bits per heavy atom. The van der Waals surface area contributed by atoms with E-state index in [1.165, 1.54) is 0 Å². The Bertz CT molecular complexity index is 444. The second-order valence-corrected chi connectivity index (χ2v) is 4.25. The minimum absolute atomic E-state index is 0.303. The van der Waals surface area contributed by atoms with E-state index < -0.39 is 0 Å². The van der Waals surface area contributed by atoms with Crippen molar-refractivity contribution in [3.8, 4) is 0 Å². The molecule has 17 heavy (non-hydrogen) atoms. The van der Waals surface area contributed by atoms with E-state index in [1.807, 2.05) is 13.8 Å². The van der Waals surface area contributed by atoms with E-state index in [4.69, 9.17) is 10.1 Å². The van der Waals surface area contributed by atoms with E-state index in [9.17, 15) is 0 Å². The smallest absolute Gasteiger partial charge is 0.174 e. The molecule has 0 spiro atoms. The fraction of sp³-hybridized carbons (Fsp3) is 0.583. The number of hydrogen-bond donors (Lipinski definition) is 2. The van der Waals surface area contributed by atoms with Crippen LogP contribution in [0.3, 0.4) is 0 Å². The van der Waals surface area contributed by atoms with Crippen molar-refractivity contribution in [1.29, 1.82) is 5.41 Å². The van der Waals surface area contributed by atoms with Gasteiger partial charge in [-0.3, -0.25) is 5.41 Å². The Kier molecular flexibility index (Phi) is 3.38. The number of aryl methyl sites for hydroxylation is 2. The highest BCUT2D eigenvalue weighted by molar-refractivity contribution is 5.98. The highest BCUT2D eigenvalue weighted by Crippen LogP contribution is 2.24. The number of unbranched alkanes of at least 4 members (excludes halogenated alkanes) is 1. The minimum Gasteiger partial charge on any atom is -0.352 e. The third-order valence-corrected chi connectivity index (χ3v) is 2.88. The molecule has 2 heterocycles. The third-order valence-electron chi connectivity index (χ3n) is 2.88. The highest BCUT2D eigenvalue weighted by atomic mass is 16.5. The van der Waals surface area contributed by atoms with Crippen molar-refractivity contribution in [1.82, 2.24) is 15.3 Å². The van der Waals surface area contributed by atoms with Crippen LogP contribution in [0.5, 0.6) is 0 Å². The molecule has 1 aliphatic heterocycles. The fourth-order valence-electron chi connectivity index (χ4n) is 1.72. The maximum absolute atomic E-state index is 7.81. The van der Waals surface area contributed by atoms with Gasteiger partial charge in [0.2, 0.25) is 0 Å². The molecule has 0 aromatic carbocycles. The molecule has 1 aromatic heterocycles. The second-order valence-electron chi connectivity index (χ2n) is 4.25. The number of amidine groups is 1. The summed E-state index contributed by atoms with van der Waals surface area (Å²) < 4.78 is 5.68. The summed E-state index contributed by atoms with van der Waals surface area (Å²) in [6, 6.07) is 0. The Labute approximate surface area is 101 Å². The summed E-state index contributed by atoms with van der Waals surface area (Å²) in [5.41, 5.74) is 3.12. The van der Waals surface area contributed by atoms with Crippen molar-refractivity contribution in [2.75, 3.05) is 6.61 Å². The SMILES string of the molecule is CCCCOC1NC(=N)c2nc(C)c(C)nc21. The summed E-state index contributed by atoms with van der Waals surface area (Å²) in [5.74, 6) is 0.303. The lowest BCUT2D eigenvalue weighted by Gasteiger charge is -2.12. The maximum Gasteiger partial charge on any atom is 0.174 e. The first-order chi connectivity index (χ1) is 8.13. The molecule has 5 nitrogen and oxygen atoms in total.